The van der Waals surface area contributed by atoms with Gasteiger partial charge in [-0.3, -0.25) is 9.69 Å². The first-order valence-electron chi connectivity index (χ1n) is 8.94. The molecule has 2 aromatic carbocycles. The average Bonchev–Trinajstić information content (AvgIpc) is 3.20. The molecule has 0 aliphatic heterocycles. The fourth-order valence-corrected chi connectivity index (χ4v) is 3.68. The number of halogens is 3. The molecule has 1 aromatic heterocycles. The fourth-order valence-electron chi connectivity index (χ4n) is 2.81. The van der Waals surface area contributed by atoms with Crippen molar-refractivity contribution < 1.29 is 32.2 Å². The predicted octanol–water partition coefficient (Wildman–Crippen LogP) is 5.21. The molecule has 0 radical (unpaired) electrons. The van der Waals surface area contributed by atoms with Crippen molar-refractivity contribution in [3.63, 3.8) is 0 Å². The fraction of sp³-hybridized carbons (Fsp3) is 0.190. The number of amides is 1. The summed E-state index contributed by atoms with van der Waals surface area (Å²) in [5.41, 5.74) is -0.879. The number of methoxy groups -OCH3 is 1. The van der Waals surface area contributed by atoms with Crippen LogP contribution in [0.4, 0.5) is 24.0 Å². The first-order valence-corrected chi connectivity index (χ1v) is 9.81. The molecule has 0 spiro atoms. The standard InChI is InChI=1S/C21H17F3N2O4S/c1-13(27)26(17-9-5-6-10-18(17)29-2)20-25-14(12-31-20)11-30-19(28)15-7-3-4-8-16(15)21(22,23)24/h3-10,12H,11H2,1-2H3. The zero-order valence-corrected chi connectivity index (χ0v) is 17.3. The minimum Gasteiger partial charge on any atom is -0.495 e. The number of rotatable bonds is 6. The summed E-state index contributed by atoms with van der Waals surface area (Å²) in [6.45, 7) is 1.01. The van der Waals surface area contributed by atoms with Gasteiger partial charge in [0.25, 0.3) is 0 Å². The van der Waals surface area contributed by atoms with Crippen molar-refractivity contribution in [3.05, 3.63) is 70.7 Å². The highest BCUT2D eigenvalue weighted by atomic mass is 32.1. The number of para-hydroxylation sites is 2. The number of carbonyl (C=O) groups is 2. The molecule has 0 fully saturated rings. The Morgan fingerprint density at radius 3 is 2.45 bits per heavy atom. The largest absolute Gasteiger partial charge is 0.495 e. The maximum Gasteiger partial charge on any atom is 0.417 e. The number of aromatic nitrogens is 1. The monoisotopic (exact) mass is 450 g/mol. The van der Waals surface area contributed by atoms with E-state index in [4.69, 9.17) is 9.47 Å². The first kappa shape index (κ1) is 22.3. The summed E-state index contributed by atoms with van der Waals surface area (Å²) in [7, 11) is 1.47. The van der Waals surface area contributed by atoms with Crippen molar-refractivity contribution in [1.82, 2.24) is 4.98 Å². The Hall–Kier alpha value is -3.40. The highest BCUT2D eigenvalue weighted by Gasteiger charge is 2.35. The van der Waals surface area contributed by atoms with Gasteiger partial charge in [0, 0.05) is 12.3 Å². The zero-order valence-electron chi connectivity index (χ0n) is 16.5. The summed E-state index contributed by atoms with van der Waals surface area (Å²) >= 11 is 1.12. The number of alkyl halides is 3. The molecule has 0 unspecified atom stereocenters. The van der Waals surface area contributed by atoms with Crippen molar-refractivity contribution in [2.45, 2.75) is 19.7 Å². The predicted molar refractivity (Wildman–Crippen MR) is 108 cm³/mol. The Labute approximate surface area is 179 Å². The van der Waals surface area contributed by atoms with E-state index in [1.54, 1.807) is 29.6 Å². The molecular weight excluding hydrogens is 433 g/mol. The van der Waals surface area contributed by atoms with Gasteiger partial charge >= 0.3 is 12.1 Å². The molecule has 0 N–H and O–H groups in total. The number of nitrogens with zero attached hydrogens (tertiary/aromatic N) is 2. The van der Waals surface area contributed by atoms with Gasteiger partial charge in [-0.1, -0.05) is 24.3 Å². The molecule has 162 valence electrons. The van der Waals surface area contributed by atoms with E-state index in [1.807, 2.05) is 0 Å². The van der Waals surface area contributed by atoms with E-state index in [0.29, 0.717) is 22.3 Å². The summed E-state index contributed by atoms with van der Waals surface area (Å²) in [5.74, 6) is -0.971. The number of ether oxygens (including phenoxy) is 2. The van der Waals surface area contributed by atoms with Gasteiger partial charge in [-0.15, -0.1) is 11.3 Å². The molecule has 0 aliphatic carbocycles. The molecule has 31 heavy (non-hydrogen) atoms. The molecule has 0 saturated heterocycles. The minimum atomic E-state index is -4.68. The minimum absolute atomic E-state index is 0.291. The van der Waals surface area contributed by atoms with Crippen LogP contribution in [-0.4, -0.2) is 24.0 Å². The summed E-state index contributed by atoms with van der Waals surface area (Å²) in [5, 5.41) is 1.86. The summed E-state index contributed by atoms with van der Waals surface area (Å²) in [6, 6.07) is 11.3. The number of hydrogen-bond donors (Lipinski definition) is 0. The van der Waals surface area contributed by atoms with E-state index in [-0.39, 0.29) is 12.5 Å². The second-order valence-corrected chi connectivity index (χ2v) is 7.10. The first-order chi connectivity index (χ1) is 14.7. The smallest absolute Gasteiger partial charge is 0.417 e. The Morgan fingerprint density at radius 2 is 1.77 bits per heavy atom. The molecule has 1 amide bonds. The molecular formula is C21H17F3N2O4S. The van der Waals surface area contributed by atoms with Crippen LogP contribution in [0.15, 0.2) is 53.9 Å². The van der Waals surface area contributed by atoms with E-state index >= 15 is 0 Å². The van der Waals surface area contributed by atoms with E-state index in [0.717, 1.165) is 23.5 Å². The lowest BCUT2D eigenvalue weighted by Gasteiger charge is -2.20. The van der Waals surface area contributed by atoms with Crippen LogP contribution in [-0.2, 0) is 22.3 Å². The van der Waals surface area contributed by atoms with Gasteiger partial charge in [0.2, 0.25) is 5.91 Å². The second-order valence-electron chi connectivity index (χ2n) is 6.27. The number of benzene rings is 2. The van der Waals surface area contributed by atoms with Crippen LogP contribution in [0.2, 0.25) is 0 Å². The van der Waals surface area contributed by atoms with Crippen LogP contribution in [0.5, 0.6) is 5.75 Å². The van der Waals surface area contributed by atoms with Crippen LogP contribution >= 0.6 is 11.3 Å². The SMILES string of the molecule is COc1ccccc1N(C(C)=O)c1nc(COC(=O)c2ccccc2C(F)(F)F)cs1. The third-order valence-corrected chi connectivity index (χ3v) is 5.05. The summed E-state index contributed by atoms with van der Waals surface area (Å²) in [6.07, 6.45) is -4.68. The molecule has 0 bridgehead atoms. The van der Waals surface area contributed by atoms with Gasteiger partial charge in [0.1, 0.15) is 12.4 Å². The van der Waals surface area contributed by atoms with Crippen molar-refractivity contribution in [2.24, 2.45) is 0 Å². The Kier molecular flexibility index (Phi) is 6.59. The molecule has 6 nitrogen and oxygen atoms in total. The van der Waals surface area contributed by atoms with Crippen molar-refractivity contribution in [1.29, 1.82) is 0 Å². The number of esters is 1. The van der Waals surface area contributed by atoms with Crippen molar-refractivity contribution in [2.75, 3.05) is 12.0 Å². The van der Waals surface area contributed by atoms with Crippen LogP contribution in [0.3, 0.4) is 0 Å². The molecule has 1 heterocycles. The van der Waals surface area contributed by atoms with Gasteiger partial charge in [-0.2, -0.15) is 13.2 Å². The van der Waals surface area contributed by atoms with Crippen LogP contribution in [0, 0.1) is 0 Å². The second kappa shape index (κ2) is 9.17. The lowest BCUT2D eigenvalue weighted by Crippen LogP contribution is -2.23. The van der Waals surface area contributed by atoms with Gasteiger partial charge in [0.15, 0.2) is 5.13 Å². The van der Waals surface area contributed by atoms with Crippen LogP contribution in [0.25, 0.3) is 0 Å². The third kappa shape index (κ3) is 5.02. The van der Waals surface area contributed by atoms with Gasteiger partial charge < -0.3 is 9.47 Å². The topological polar surface area (TPSA) is 68.7 Å². The van der Waals surface area contributed by atoms with E-state index in [2.05, 4.69) is 4.98 Å². The van der Waals surface area contributed by atoms with E-state index in [1.165, 1.54) is 31.1 Å². The van der Waals surface area contributed by atoms with Gasteiger partial charge in [0.05, 0.1) is 29.6 Å². The average molecular weight is 450 g/mol. The lowest BCUT2D eigenvalue weighted by atomic mass is 10.1. The normalized spacial score (nSPS) is 11.1. The van der Waals surface area contributed by atoms with Crippen LogP contribution in [0.1, 0.15) is 28.5 Å². The van der Waals surface area contributed by atoms with Crippen molar-refractivity contribution >= 4 is 34.0 Å². The highest BCUT2D eigenvalue weighted by Crippen LogP contribution is 2.36. The maximum absolute atomic E-state index is 13.1. The molecule has 10 heteroatoms. The quantitative estimate of drug-likeness (QED) is 0.482. The highest BCUT2D eigenvalue weighted by molar-refractivity contribution is 7.14. The number of carbonyl (C=O) groups excluding carboxylic acids is 2. The molecule has 0 atom stereocenters. The third-order valence-electron chi connectivity index (χ3n) is 4.18. The van der Waals surface area contributed by atoms with E-state index in [9.17, 15) is 22.8 Å². The summed E-state index contributed by atoms with van der Waals surface area (Å²) < 4.78 is 49.6. The van der Waals surface area contributed by atoms with E-state index < -0.39 is 23.3 Å². The molecule has 3 rings (SSSR count). The van der Waals surface area contributed by atoms with Crippen molar-refractivity contribution in [3.8, 4) is 5.75 Å². The Bertz CT molecular complexity index is 1100. The van der Waals surface area contributed by atoms with Gasteiger partial charge in [-0.25, -0.2) is 9.78 Å². The number of hydrogen-bond acceptors (Lipinski definition) is 6. The van der Waals surface area contributed by atoms with Crippen LogP contribution < -0.4 is 9.64 Å². The number of anilines is 2. The molecule has 0 saturated carbocycles. The Balaban J connectivity index is 1.79. The molecule has 0 aliphatic rings. The lowest BCUT2D eigenvalue weighted by molar-refractivity contribution is -0.138. The Morgan fingerprint density at radius 1 is 1.10 bits per heavy atom. The number of thiazole rings is 1. The van der Waals surface area contributed by atoms with Gasteiger partial charge in [-0.05, 0) is 24.3 Å². The molecule has 3 aromatic rings. The maximum atomic E-state index is 13.1. The zero-order chi connectivity index (χ0) is 22.6. The summed E-state index contributed by atoms with van der Waals surface area (Å²) in [4.78, 5) is 30.1.